The Morgan fingerprint density at radius 2 is 1.07 bits per heavy atom. The van der Waals surface area contributed by atoms with E-state index in [1.54, 1.807) is 0 Å². The van der Waals surface area contributed by atoms with E-state index in [1.165, 1.54) is 49.7 Å². The molecule has 0 aliphatic rings. The predicted molar refractivity (Wildman–Crippen MR) is 126 cm³/mol. The summed E-state index contributed by atoms with van der Waals surface area (Å²) in [4.78, 5) is 0. The van der Waals surface area contributed by atoms with Crippen LogP contribution in [0.2, 0.25) is 0 Å². The van der Waals surface area contributed by atoms with Crippen molar-refractivity contribution in [2.45, 2.75) is 78.1 Å². The van der Waals surface area contributed by atoms with E-state index in [2.05, 4.69) is 64.1 Å². The molecule has 30 heavy (non-hydrogen) atoms. The van der Waals surface area contributed by atoms with Gasteiger partial charge < -0.3 is 14.2 Å². The summed E-state index contributed by atoms with van der Waals surface area (Å²) in [7, 11) is 0. The SMILES string of the molecule is CCCC(CC)c1ccc(OCCOCOc2ccc(C(CC)CCC)cc2)cc1. The van der Waals surface area contributed by atoms with E-state index in [4.69, 9.17) is 14.2 Å². The van der Waals surface area contributed by atoms with Crippen molar-refractivity contribution in [1.82, 2.24) is 0 Å². The largest absolute Gasteiger partial charge is 0.491 e. The maximum absolute atomic E-state index is 5.78. The zero-order chi connectivity index (χ0) is 21.6. The first-order chi connectivity index (χ1) is 14.7. The molecule has 2 aromatic carbocycles. The summed E-state index contributed by atoms with van der Waals surface area (Å²) in [6.07, 6.45) is 7.28. The van der Waals surface area contributed by atoms with Crippen LogP contribution >= 0.6 is 0 Å². The van der Waals surface area contributed by atoms with Gasteiger partial charge in [0.05, 0.1) is 6.61 Å². The Hall–Kier alpha value is -2.00. The Bertz CT molecular complexity index is 617. The van der Waals surface area contributed by atoms with Crippen molar-refractivity contribution >= 4 is 0 Å². The third-order valence-corrected chi connectivity index (χ3v) is 5.77. The van der Waals surface area contributed by atoms with E-state index in [9.17, 15) is 0 Å². The molecule has 0 bridgehead atoms. The average Bonchev–Trinajstić information content (AvgIpc) is 2.79. The summed E-state index contributed by atoms with van der Waals surface area (Å²) in [5.41, 5.74) is 2.80. The maximum atomic E-state index is 5.78. The van der Waals surface area contributed by atoms with Crippen molar-refractivity contribution in [2.75, 3.05) is 20.0 Å². The van der Waals surface area contributed by atoms with Crippen molar-refractivity contribution in [3.63, 3.8) is 0 Å². The molecule has 0 heterocycles. The molecule has 0 saturated heterocycles. The van der Waals surface area contributed by atoms with Crippen LogP contribution in [0.15, 0.2) is 48.5 Å². The zero-order valence-corrected chi connectivity index (χ0v) is 19.4. The lowest BCUT2D eigenvalue weighted by Crippen LogP contribution is -2.10. The maximum Gasteiger partial charge on any atom is 0.189 e. The smallest absolute Gasteiger partial charge is 0.189 e. The molecule has 3 heteroatoms. The van der Waals surface area contributed by atoms with Crippen LogP contribution in [0.3, 0.4) is 0 Å². The molecule has 0 aromatic heterocycles. The van der Waals surface area contributed by atoms with E-state index in [0.29, 0.717) is 25.0 Å². The number of rotatable bonds is 15. The van der Waals surface area contributed by atoms with Gasteiger partial charge in [0.2, 0.25) is 0 Å². The Balaban J connectivity index is 1.65. The van der Waals surface area contributed by atoms with Crippen LogP contribution in [0.5, 0.6) is 11.5 Å². The van der Waals surface area contributed by atoms with Crippen LogP contribution in [-0.2, 0) is 4.74 Å². The predicted octanol–water partition coefficient (Wildman–Crippen LogP) is 7.71. The summed E-state index contributed by atoms with van der Waals surface area (Å²) in [6.45, 7) is 10.3. The van der Waals surface area contributed by atoms with Crippen LogP contribution in [0.1, 0.15) is 89.2 Å². The summed E-state index contributed by atoms with van der Waals surface area (Å²) >= 11 is 0. The van der Waals surface area contributed by atoms with Crippen LogP contribution in [0, 0.1) is 0 Å². The highest BCUT2D eigenvalue weighted by molar-refractivity contribution is 5.30. The lowest BCUT2D eigenvalue weighted by Gasteiger charge is -2.15. The van der Waals surface area contributed by atoms with Gasteiger partial charge in [0.15, 0.2) is 6.79 Å². The van der Waals surface area contributed by atoms with Crippen LogP contribution in [0.25, 0.3) is 0 Å². The fourth-order valence-electron chi connectivity index (χ4n) is 3.97. The highest BCUT2D eigenvalue weighted by atomic mass is 16.7. The fourth-order valence-corrected chi connectivity index (χ4v) is 3.97. The van der Waals surface area contributed by atoms with Crippen molar-refractivity contribution < 1.29 is 14.2 Å². The molecule has 2 atom stereocenters. The summed E-state index contributed by atoms with van der Waals surface area (Å²) < 4.78 is 17.0. The molecule has 2 aromatic rings. The van der Waals surface area contributed by atoms with E-state index >= 15 is 0 Å². The average molecular weight is 413 g/mol. The second kappa shape index (κ2) is 14.1. The molecule has 2 rings (SSSR count). The van der Waals surface area contributed by atoms with E-state index in [-0.39, 0.29) is 6.79 Å². The second-order valence-corrected chi connectivity index (χ2v) is 7.94. The molecular formula is C27H40O3. The Morgan fingerprint density at radius 1 is 0.600 bits per heavy atom. The van der Waals surface area contributed by atoms with Gasteiger partial charge in [0.1, 0.15) is 18.1 Å². The number of hydrogen-bond acceptors (Lipinski definition) is 3. The minimum atomic E-state index is 0.239. The molecule has 0 spiro atoms. The number of ether oxygens (including phenoxy) is 3. The van der Waals surface area contributed by atoms with Crippen LogP contribution in [-0.4, -0.2) is 20.0 Å². The fraction of sp³-hybridized carbons (Fsp3) is 0.556. The summed E-state index contributed by atoms with van der Waals surface area (Å²) in [5.74, 6) is 3.03. The van der Waals surface area contributed by atoms with Crippen molar-refractivity contribution in [1.29, 1.82) is 0 Å². The quantitative estimate of drug-likeness (QED) is 0.221. The lowest BCUT2D eigenvalue weighted by molar-refractivity contribution is 0.00245. The molecule has 3 nitrogen and oxygen atoms in total. The number of hydrogen-bond donors (Lipinski definition) is 0. The van der Waals surface area contributed by atoms with Gasteiger partial charge in [-0.25, -0.2) is 0 Å². The number of benzene rings is 2. The molecule has 2 unspecified atom stereocenters. The van der Waals surface area contributed by atoms with Crippen LogP contribution < -0.4 is 9.47 Å². The molecule has 0 saturated carbocycles. The van der Waals surface area contributed by atoms with Gasteiger partial charge in [0, 0.05) is 0 Å². The van der Waals surface area contributed by atoms with E-state index in [0.717, 1.165) is 11.5 Å². The summed E-state index contributed by atoms with van der Waals surface area (Å²) in [6, 6.07) is 16.9. The molecule has 0 N–H and O–H groups in total. The Morgan fingerprint density at radius 3 is 1.50 bits per heavy atom. The van der Waals surface area contributed by atoms with Gasteiger partial charge in [0.25, 0.3) is 0 Å². The topological polar surface area (TPSA) is 27.7 Å². The van der Waals surface area contributed by atoms with E-state index in [1.807, 2.05) is 12.1 Å². The highest BCUT2D eigenvalue weighted by Gasteiger charge is 2.09. The minimum absolute atomic E-state index is 0.239. The van der Waals surface area contributed by atoms with Gasteiger partial charge in [-0.2, -0.15) is 0 Å². The zero-order valence-electron chi connectivity index (χ0n) is 19.4. The molecule has 0 radical (unpaired) electrons. The van der Waals surface area contributed by atoms with Crippen molar-refractivity contribution in [2.24, 2.45) is 0 Å². The molecule has 0 fully saturated rings. The minimum Gasteiger partial charge on any atom is -0.491 e. The highest BCUT2D eigenvalue weighted by Crippen LogP contribution is 2.27. The lowest BCUT2D eigenvalue weighted by atomic mass is 9.92. The van der Waals surface area contributed by atoms with E-state index < -0.39 is 0 Å². The first-order valence-electron chi connectivity index (χ1n) is 11.7. The molecule has 0 aliphatic carbocycles. The first kappa shape index (κ1) is 24.3. The second-order valence-electron chi connectivity index (χ2n) is 7.94. The Labute approximate surface area is 183 Å². The Kier molecular flexibility index (Phi) is 11.4. The third kappa shape index (κ3) is 8.02. The van der Waals surface area contributed by atoms with Crippen molar-refractivity contribution in [3.8, 4) is 11.5 Å². The van der Waals surface area contributed by atoms with Gasteiger partial charge in [-0.15, -0.1) is 0 Å². The molecule has 0 aliphatic heterocycles. The van der Waals surface area contributed by atoms with Gasteiger partial charge >= 0.3 is 0 Å². The first-order valence-corrected chi connectivity index (χ1v) is 11.7. The van der Waals surface area contributed by atoms with Gasteiger partial charge in [-0.3, -0.25) is 0 Å². The molecule has 166 valence electrons. The van der Waals surface area contributed by atoms with Crippen LogP contribution in [0.4, 0.5) is 0 Å². The van der Waals surface area contributed by atoms with Gasteiger partial charge in [-0.05, 0) is 72.9 Å². The van der Waals surface area contributed by atoms with Gasteiger partial charge in [-0.1, -0.05) is 64.8 Å². The molecule has 0 amide bonds. The summed E-state index contributed by atoms with van der Waals surface area (Å²) in [5, 5.41) is 0. The third-order valence-electron chi connectivity index (χ3n) is 5.77. The van der Waals surface area contributed by atoms with Crippen molar-refractivity contribution in [3.05, 3.63) is 59.7 Å². The monoisotopic (exact) mass is 412 g/mol. The standard InChI is InChI=1S/C27H40O3/c1-5-9-22(7-3)24-11-15-26(16-12-24)29-20-19-28-21-30-27-17-13-25(14-18-27)23(8-4)10-6-2/h11-18,22-23H,5-10,19-21H2,1-4H3. The molecular weight excluding hydrogens is 372 g/mol. The normalized spacial score (nSPS) is 13.1.